The van der Waals surface area contributed by atoms with Crippen LogP contribution in [0.2, 0.25) is 0 Å². The van der Waals surface area contributed by atoms with E-state index >= 15 is 0 Å². The second-order valence-corrected chi connectivity index (χ2v) is 4.58. The molecule has 1 aliphatic heterocycles. The zero-order valence-corrected chi connectivity index (χ0v) is 10.3. The lowest BCUT2D eigenvalue weighted by molar-refractivity contribution is 0.0921. The number of imidazole rings is 1. The molecule has 4 heteroatoms. The Morgan fingerprint density at radius 2 is 1.89 bits per heavy atom. The normalized spacial score (nSPS) is 14.3. The highest BCUT2D eigenvalue weighted by Crippen LogP contribution is 2.25. The molecule has 3 rings (SSSR count). The SMILES string of the molecule is CC1=Nc2nc(-c3ccc(C)cc3)cn2C(=O)C1. The predicted octanol–water partition coefficient (Wildman–Crippen LogP) is 2.99. The van der Waals surface area contributed by atoms with Crippen LogP contribution < -0.4 is 0 Å². The predicted molar refractivity (Wildman–Crippen MR) is 70.4 cm³/mol. The molecule has 0 unspecified atom stereocenters. The van der Waals surface area contributed by atoms with Gasteiger partial charge in [0.15, 0.2) is 0 Å². The van der Waals surface area contributed by atoms with E-state index in [-0.39, 0.29) is 5.91 Å². The number of hydrogen-bond acceptors (Lipinski definition) is 3. The zero-order valence-electron chi connectivity index (χ0n) is 10.3. The van der Waals surface area contributed by atoms with E-state index in [1.54, 1.807) is 6.20 Å². The molecule has 0 saturated carbocycles. The Hall–Kier alpha value is -2.23. The van der Waals surface area contributed by atoms with E-state index in [9.17, 15) is 4.79 Å². The summed E-state index contributed by atoms with van der Waals surface area (Å²) in [6, 6.07) is 8.07. The third kappa shape index (κ3) is 1.76. The lowest BCUT2D eigenvalue weighted by Gasteiger charge is -2.08. The monoisotopic (exact) mass is 239 g/mol. The topological polar surface area (TPSA) is 47.2 Å². The summed E-state index contributed by atoms with van der Waals surface area (Å²) in [7, 11) is 0. The highest BCUT2D eigenvalue weighted by Gasteiger charge is 2.19. The Kier molecular flexibility index (Phi) is 2.37. The third-order valence-corrected chi connectivity index (χ3v) is 3.00. The van der Waals surface area contributed by atoms with Gasteiger partial charge in [0.25, 0.3) is 0 Å². The van der Waals surface area contributed by atoms with Gasteiger partial charge in [0.05, 0.1) is 12.1 Å². The van der Waals surface area contributed by atoms with Crippen LogP contribution in [0.25, 0.3) is 11.3 Å². The number of carbonyl (C=O) groups excluding carboxylic acids is 1. The fourth-order valence-electron chi connectivity index (χ4n) is 2.01. The molecular weight excluding hydrogens is 226 g/mol. The molecule has 0 atom stereocenters. The van der Waals surface area contributed by atoms with E-state index in [0.717, 1.165) is 17.0 Å². The van der Waals surface area contributed by atoms with E-state index in [0.29, 0.717) is 12.4 Å². The van der Waals surface area contributed by atoms with Crippen LogP contribution >= 0.6 is 0 Å². The maximum Gasteiger partial charge on any atom is 0.239 e. The van der Waals surface area contributed by atoms with Crippen molar-refractivity contribution in [3.8, 4) is 11.3 Å². The summed E-state index contributed by atoms with van der Waals surface area (Å²) in [5, 5.41) is 0. The molecule has 0 saturated heterocycles. The average Bonchev–Trinajstić information content (AvgIpc) is 2.74. The lowest BCUT2D eigenvalue weighted by Crippen LogP contribution is -2.17. The Morgan fingerprint density at radius 3 is 2.61 bits per heavy atom. The van der Waals surface area contributed by atoms with E-state index in [1.807, 2.05) is 38.1 Å². The molecule has 0 radical (unpaired) electrons. The molecule has 0 spiro atoms. The zero-order chi connectivity index (χ0) is 12.7. The molecule has 0 bridgehead atoms. The van der Waals surface area contributed by atoms with Crippen molar-refractivity contribution in [1.82, 2.24) is 9.55 Å². The second kappa shape index (κ2) is 3.91. The van der Waals surface area contributed by atoms with Crippen molar-refractivity contribution in [2.24, 2.45) is 4.99 Å². The Labute approximate surface area is 105 Å². The smallest absolute Gasteiger partial charge is 0.239 e. The number of nitrogens with zero attached hydrogens (tertiary/aromatic N) is 3. The molecular formula is C14H13N3O. The van der Waals surface area contributed by atoms with Crippen LogP contribution in [0.3, 0.4) is 0 Å². The number of aliphatic imine (C=N–C) groups is 1. The fraction of sp³-hybridized carbons (Fsp3) is 0.214. The summed E-state index contributed by atoms with van der Waals surface area (Å²) >= 11 is 0. The number of rotatable bonds is 1. The van der Waals surface area contributed by atoms with Gasteiger partial charge in [-0.05, 0) is 13.8 Å². The quantitative estimate of drug-likeness (QED) is 0.768. The average molecular weight is 239 g/mol. The van der Waals surface area contributed by atoms with Gasteiger partial charge in [0.2, 0.25) is 11.9 Å². The molecule has 18 heavy (non-hydrogen) atoms. The van der Waals surface area contributed by atoms with Crippen molar-refractivity contribution < 1.29 is 4.79 Å². The van der Waals surface area contributed by atoms with Gasteiger partial charge in [-0.25, -0.2) is 9.98 Å². The highest BCUT2D eigenvalue weighted by molar-refractivity contribution is 6.05. The van der Waals surface area contributed by atoms with Crippen LogP contribution in [0.15, 0.2) is 35.5 Å². The highest BCUT2D eigenvalue weighted by atomic mass is 16.2. The summed E-state index contributed by atoms with van der Waals surface area (Å²) in [5.41, 5.74) is 3.81. The molecule has 0 fully saturated rings. The second-order valence-electron chi connectivity index (χ2n) is 4.58. The standard InChI is InChI=1S/C14H13N3O/c1-9-3-5-11(6-4-9)12-8-17-13(18)7-10(2)15-14(17)16-12/h3-6,8H,7H2,1-2H3. The summed E-state index contributed by atoms with van der Waals surface area (Å²) in [6.45, 7) is 3.89. The van der Waals surface area contributed by atoms with Gasteiger partial charge in [0, 0.05) is 17.5 Å². The largest absolute Gasteiger partial charge is 0.274 e. The molecule has 0 aliphatic carbocycles. The van der Waals surface area contributed by atoms with Crippen molar-refractivity contribution in [3.63, 3.8) is 0 Å². The van der Waals surface area contributed by atoms with Crippen molar-refractivity contribution in [2.45, 2.75) is 20.3 Å². The van der Waals surface area contributed by atoms with Gasteiger partial charge in [-0.1, -0.05) is 29.8 Å². The molecule has 0 amide bonds. The Bertz CT molecular complexity index is 650. The summed E-state index contributed by atoms with van der Waals surface area (Å²) in [5.74, 6) is 0.516. The minimum Gasteiger partial charge on any atom is -0.274 e. The number of carbonyl (C=O) groups is 1. The first-order valence-electron chi connectivity index (χ1n) is 5.87. The van der Waals surface area contributed by atoms with Crippen LogP contribution in [0.4, 0.5) is 5.95 Å². The molecule has 0 N–H and O–H groups in total. The minimum absolute atomic E-state index is 0.0309. The lowest BCUT2D eigenvalue weighted by atomic mass is 10.1. The van der Waals surface area contributed by atoms with Crippen LogP contribution in [0.5, 0.6) is 0 Å². The van der Waals surface area contributed by atoms with Crippen molar-refractivity contribution >= 4 is 17.6 Å². The van der Waals surface area contributed by atoms with E-state index in [1.165, 1.54) is 10.1 Å². The van der Waals surface area contributed by atoms with E-state index in [4.69, 9.17) is 0 Å². The van der Waals surface area contributed by atoms with Gasteiger partial charge in [-0.3, -0.25) is 9.36 Å². The van der Waals surface area contributed by atoms with E-state index < -0.39 is 0 Å². The van der Waals surface area contributed by atoms with Gasteiger partial charge in [0.1, 0.15) is 0 Å². The van der Waals surface area contributed by atoms with Gasteiger partial charge >= 0.3 is 0 Å². The minimum atomic E-state index is 0.0309. The Balaban J connectivity index is 2.09. The van der Waals surface area contributed by atoms with Crippen molar-refractivity contribution in [2.75, 3.05) is 0 Å². The third-order valence-electron chi connectivity index (χ3n) is 3.00. The van der Waals surface area contributed by atoms with Crippen LogP contribution in [0, 0.1) is 6.92 Å². The molecule has 4 nitrogen and oxygen atoms in total. The Morgan fingerprint density at radius 1 is 1.17 bits per heavy atom. The maximum absolute atomic E-state index is 11.8. The van der Waals surface area contributed by atoms with Gasteiger partial charge < -0.3 is 0 Å². The molecule has 90 valence electrons. The molecule has 1 aliphatic rings. The number of benzene rings is 1. The molecule has 1 aromatic carbocycles. The first kappa shape index (κ1) is 10.9. The van der Waals surface area contributed by atoms with Gasteiger partial charge in [-0.2, -0.15) is 0 Å². The number of aromatic nitrogens is 2. The van der Waals surface area contributed by atoms with Crippen LogP contribution in [-0.2, 0) is 0 Å². The first-order valence-corrected chi connectivity index (χ1v) is 5.87. The summed E-state index contributed by atoms with van der Waals surface area (Å²) < 4.78 is 1.53. The number of aryl methyl sites for hydroxylation is 1. The van der Waals surface area contributed by atoms with Gasteiger partial charge in [-0.15, -0.1) is 0 Å². The van der Waals surface area contributed by atoms with Crippen molar-refractivity contribution in [1.29, 1.82) is 0 Å². The number of hydrogen-bond donors (Lipinski definition) is 0. The molecule has 2 heterocycles. The van der Waals surface area contributed by atoms with Crippen molar-refractivity contribution in [3.05, 3.63) is 36.0 Å². The first-order chi connectivity index (χ1) is 8.63. The summed E-state index contributed by atoms with van der Waals surface area (Å²) in [4.78, 5) is 20.6. The summed E-state index contributed by atoms with van der Waals surface area (Å²) in [6.07, 6.45) is 2.13. The maximum atomic E-state index is 11.8. The molecule has 2 aromatic rings. The van der Waals surface area contributed by atoms with Crippen LogP contribution in [0.1, 0.15) is 23.7 Å². The molecule has 1 aromatic heterocycles. The number of fused-ring (bicyclic) bond motifs is 1. The van der Waals surface area contributed by atoms with E-state index in [2.05, 4.69) is 9.98 Å². The van der Waals surface area contributed by atoms with Crippen LogP contribution in [-0.4, -0.2) is 21.2 Å². The fourth-order valence-corrected chi connectivity index (χ4v) is 2.01.